The van der Waals surface area contributed by atoms with Gasteiger partial charge in [0, 0.05) is 13.5 Å². The molecule has 66 valence electrons. The Hall–Kier alpha value is 0.01000. The second-order valence-electron chi connectivity index (χ2n) is 1.75. The van der Waals surface area contributed by atoms with Crippen molar-refractivity contribution >= 4 is 24.0 Å². The Labute approximate surface area is 70.3 Å². The third-order valence-electron chi connectivity index (χ3n) is 1.06. The smallest absolute Gasteiger partial charge is 0.309 e. The molecule has 1 amide bonds. The van der Waals surface area contributed by atoms with Gasteiger partial charge in [0.25, 0.3) is 0 Å². The van der Waals surface area contributed by atoms with Crippen LogP contribution in [0.1, 0.15) is 13.3 Å². The van der Waals surface area contributed by atoms with Crippen LogP contribution in [0.15, 0.2) is 0 Å². The first-order valence-corrected chi connectivity index (χ1v) is 6.56. The molecule has 0 aliphatic rings. The fourth-order valence-corrected chi connectivity index (χ4v) is 2.22. The quantitative estimate of drug-likeness (QED) is 0.696. The summed E-state index contributed by atoms with van der Waals surface area (Å²) in [6, 6.07) is 0. The van der Waals surface area contributed by atoms with E-state index < -0.39 is 6.72 Å². The van der Waals surface area contributed by atoms with Gasteiger partial charge in [0.15, 0.2) is 0 Å². The van der Waals surface area contributed by atoms with Gasteiger partial charge in [-0.3, -0.25) is 14.4 Å². The lowest BCUT2D eigenvalue weighted by atomic mass is 10.5. The number of amides is 1. The average Bonchev–Trinajstić information content (AvgIpc) is 2.04. The van der Waals surface area contributed by atoms with Gasteiger partial charge >= 0.3 is 6.72 Å². The molecule has 0 aliphatic carbocycles. The van der Waals surface area contributed by atoms with E-state index in [9.17, 15) is 9.36 Å². The summed E-state index contributed by atoms with van der Waals surface area (Å²) in [5, 5.41) is 2.30. The molecule has 4 nitrogen and oxygen atoms in total. The molecule has 0 saturated heterocycles. The van der Waals surface area contributed by atoms with Crippen LogP contribution in [-0.2, 0) is 13.9 Å². The highest BCUT2D eigenvalue weighted by molar-refractivity contribution is 8.55. The molecule has 0 aliphatic heterocycles. The Morgan fingerprint density at radius 1 is 1.73 bits per heavy atom. The monoisotopic (exact) mass is 197 g/mol. The Kier molecular flexibility index (Phi) is 4.81. The largest absolute Gasteiger partial charge is 0.352 e. The summed E-state index contributed by atoms with van der Waals surface area (Å²) in [5.74, 6) is -0.260. The molecule has 0 heterocycles. The highest BCUT2D eigenvalue weighted by Gasteiger charge is 2.21. The van der Waals surface area contributed by atoms with Crippen LogP contribution in [0.25, 0.3) is 0 Å². The first kappa shape index (κ1) is 11.0. The van der Waals surface area contributed by atoms with Crippen LogP contribution in [0, 0.1) is 0 Å². The standard InChI is InChI=1S/C5H12NO3PS/c1-4-5(7)6-10(8,9-2)11-3/h4H2,1-3H3,(H,6,7,8). The fourth-order valence-electron chi connectivity index (χ4n) is 0.398. The number of carbonyl (C=O) groups excluding carboxylic acids is 1. The summed E-state index contributed by atoms with van der Waals surface area (Å²) in [6.07, 6.45) is 1.94. The van der Waals surface area contributed by atoms with Gasteiger partial charge in [0.05, 0.1) is 0 Å². The molecule has 0 spiro atoms. The molecular weight excluding hydrogens is 185 g/mol. The van der Waals surface area contributed by atoms with Gasteiger partial charge in [-0.05, 0) is 6.26 Å². The number of hydrogen-bond donors (Lipinski definition) is 1. The highest BCUT2D eigenvalue weighted by atomic mass is 32.7. The SMILES string of the molecule is CCC(=O)NP(=O)(OC)SC. The Bertz CT molecular complexity index is 177. The minimum absolute atomic E-state index is 0.260. The minimum Gasteiger partial charge on any atom is -0.309 e. The van der Waals surface area contributed by atoms with Crippen molar-refractivity contribution in [1.29, 1.82) is 0 Å². The van der Waals surface area contributed by atoms with Crippen LogP contribution >= 0.6 is 18.1 Å². The zero-order valence-electron chi connectivity index (χ0n) is 6.79. The van der Waals surface area contributed by atoms with Crippen LogP contribution in [-0.4, -0.2) is 19.3 Å². The van der Waals surface area contributed by atoms with Crippen LogP contribution in [0.3, 0.4) is 0 Å². The molecule has 1 atom stereocenters. The van der Waals surface area contributed by atoms with Gasteiger partial charge in [-0.1, -0.05) is 18.3 Å². The Balaban J connectivity index is 4.09. The first-order chi connectivity index (χ1) is 5.08. The van der Waals surface area contributed by atoms with E-state index in [-0.39, 0.29) is 5.91 Å². The Morgan fingerprint density at radius 3 is 2.55 bits per heavy atom. The van der Waals surface area contributed by atoms with Gasteiger partial charge in [-0.2, -0.15) is 0 Å². The fraction of sp³-hybridized carbons (Fsp3) is 0.800. The number of hydrogen-bond acceptors (Lipinski definition) is 4. The normalized spacial score (nSPS) is 15.5. The van der Waals surface area contributed by atoms with Gasteiger partial charge in [0.1, 0.15) is 0 Å². The van der Waals surface area contributed by atoms with Crippen molar-refractivity contribution in [3.8, 4) is 0 Å². The number of nitrogens with one attached hydrogen (secondary N) is 1. The van der Waals surface area contributed by atoms with E-state index in [2.05, 4.69) is 9.61 Å². The van der Waals surface area contributed by atoms with E-state index in [1.54, 1.807) is 13.2 Å². The second-order valence-corrected chi connectivity index (χ2v) is 6.24. The maximum Gasteiger partial charge on any atom is 0.352 e. The molecule has 1 N–H and O–H groups in total. The van der Waals surface area contributed by atoms with Crippen molar-refractivity contribution < 1.29 is 13.9 Å². The summed E-state index contributed by atoms with van der Waals surface area (Å²) in [7, 11) is 1.31. The first-order valence-electron chi connectivity index (χ1n) is 3.10. The maximum absolute atomic E-state index is 11.3. The zero-order valence-corrected chi connectivity index (χ0v) is 8.50. The van der Waals surface area contributed by atoms with E-state index in [4.69, 9.17) is 0 Å². The van der Waals surface area contributed by atoms with E-state index in [1.807, 2.05) is 0 Å². The summed E-state index contributed by atoms with van der Waals surface area (Å²) in [4.78, 5) is 10.8. The highest BCUT2D eigenvalue weighted by Crippen LogP contribution is 2.53. The molecule has 0 radical (unpaired) electrons. The molecule has 6 heteroatoms. The molecule has 0 aromatic carbocycles. The van der Waals surface area contributed by atoms with Crippen LogP contribution < -0.4 is 5.09 Å². The lowest BCUT2D eigenvalue weighted by Crippen LogP contribution is -2.18. The summed E-state index contributed by atoms with van der Waals surface area (Å²) in [6.45, 7) is -1.25. The van der Waals surface area contributed by atoms with Crippen molar-refractivity contribution in [3.63, 3.8) is 0 Å². The van der Waals surface area contributed by atoms with Gasteiger partial charge in [-0.25, -0.2) is 0 Å². The summed E-state index contributed by atoms with van der Waals surface area (Å²) >= 11 is 1.02. The van der Waals surface area contributed by atoms with Crippen molar-refractivity contribution in [2.24, 2.45) is 0 Å². The summed E-state index contributed by atoms with van der Waals surface area (Å²) < 4.78 is 16.0. The van der Waals surface area contributed by atoms with E-state index in [0.29, 0.717) is 6.42 Å². The van der Waals surface area contributed by atoms with Crippen molar-refractivity contribution in [3.05, 3.63) is 0 Å². The molecule has 11 heavy (non-hydrogen) atoms. The second kappa shape index (κ2) is 4.80. The predicted molar refractivity (Wildman–Crippen MR) is 46.6 cm³/mol. The number of carbonyl (C=O) groups is 1. The minimum atomic E-state index is -2.94. The predicted octanol–water partition coefficient (Wildman–Crippen LogP) is 1.63. The zero-order chi connectivity index (χ0) is 8.91. The Morgan fingerprint density at radius 2 is 2.27 bits per heavy atom. The van der Waals surface area contributed by atoms with Crippen molar-refractivity contribution in [2.75, 3.05) is 13.4 Å². The molecule has 0 aromatic rings. The van der Waals surface area contributed by atoms with Crippen LogP contribution in [0.2, 0.25) is 0 Å². The van der Waals surface area contributed by atoms with Crippen molar-refractivity contribution in [1.82, 2.24) is 5.09 Å². The molecule has 0 bridgehead atoms. The van der Waals surface area contributed by atoms with E-state index in [1.165, 1.54) is 7.11 Å². The third kappa shape index (κ3) is 3.79. The van der Waals surface area contributed by atoms with Gasteiger partial charge in [0.2, 0.25) is 5.91 Å². The summed E-state index contributed by atoms with van der Waals surface area (Å²) in [5.41, 5.74) is 0. The number of rotatable bonds is 4. The van der Waals surface area contributed by atoms with Gasteiger partial charge in [-0.15, -0.1) is 0 Å². The van der Waals surface area contributed by atoms with E-state index >= 15 is 0 Å². The third-order valence-corrected chi connectivity index (χ3v) is 4.71. The lowest BCUT2D eigenvalue weighted by molar-refractivity contribution is -0.119. The molecule has 0 rings (SSSR count). The molecular formula is C5H12NO3PS. The average molecular weight is 197 g/mol. The van der Waals surface area contributed by atoms with E-state index in [0.717, 1.165) is 11.4 Å². The molecule has 1 unspecified atom stereocenters. The molecule has 0 aromatic heterocycles. The maximum atomic E-state index is 11.3. The van der Waals surface area contributed by atoms with Crippen LogP contribution in [0.5, 0.6) is 0 Å². The van der Waals surface area contributed by atoms with Crippen LogP contribution in [0.4, 0.5) is 0 Å². The topological polar surface area (TPSA) is 55.4 Å². The van der Waals surface area contributed by atoms with Gasteiger partial charge < -0.3 is 4.52 Å². The lowest BCUT2D eigenvalue weighted by Gasteiger charge is -2.13. The molecule has 0 fully saturated rings. The van der Waals surface area contributed by atoms with Crippen molar-refractivity contribution in [2.45, 2.75) is 13.3 Å². The molecule has 0 saturated carbocycles.